The average Bonchev–Trinajstić information content (AvgIpc) is 2.43. The number of thiophene rings is 1. The quantitative estimate of drug-likeness (QED) is 0.811. The summed E-state index contributed by atoms with van der Waals surface area (Å²) in [6.07, 6.45) is 5.39. The van der Waals surface area contributed by atoms with Gasteiger partial charge in [-0.1, -0.05) is 12.8 Å². The lowest BCUT2D eigenvalue weighted by molar-refractivity contribution is 0.543. The summed E-state index contributed by atoms with van der Waals surface area (Å²) in [5.41, 5.74) is 0. The molecule has 0 aliphatic carbocycles. The first kappa shape index (κ1) is 9.69. The van der Waals surface area contributed by atoms with Gasteiger partial charge in [-0.15, -0.1) is 11.3 Å². The Bertz CT molecular complexity index is 264. The van der Waals surface area contributed by atoms with Crippen LogP contribution in [0.4, 0.5) is 0 Å². The predicted molar refractivity (Wildman–Crippen MR) is 61.2 cm³/mol. The molecule has 0 aromatic carbocycles. The van der Waals surface area contributed by atoms with Crippen molar-refractivity contribution < 1.29 is 0 Å². The number of hydrogen-bond acceptors (Lipinski definition) is 2. The summed E-state index contributed by atoms with van der Waals surface area (Å²) in [6, 6.07) is 4.99. The lowest BCUT2D eigenvalue weighted by atomic mass is 10.1. The molecule has 0 saturated carbocycles. The number of halogens is 1. The van der Waals surface area contributed by atoms with Crippen molar-refractivity contribution in [1.29, 1.82) is 0 Å². The van der Waals surface area contributed by atoms with Gasteiger partial charge >= 0.3 is 0 Å². The molecule has 1 nitrogen and oxygen atoms in total. The van der Waals surface area contributed by atoms with Crippen LogP contribution in [0.2, 0.25) is 0 Å². The minimum absolute atomic E-state index is 0.610. The zero-order valence-corrected chi connectivity index (χ0v) is 9.96. The summed E-state index contributed by atoms with van der Waals surface area (Å²) in [7, 11) is 0. The summed E-state index contributed by atoms with van der Waals surface area (Å²) in [5.74, 6) is 0. The summed E-state index contributed by atoms with van der Waals surface area (Å²) in [4.78, 5) is 1.48. The molecule has 0 radical (unpaired) electrons. The molecule has 1 aromatic heterocycles. The van der Waals surface area contributed by atoms with Crippen LogP contribution in [-0.2, 0) is 0 Å². The Hall–Kier alpha value is 0.140. The van der Waals surface area contributed by atoms with Crippen LogP contribution in [0.3, 0.4) is 0 Å². The van der Waals surface area contributed by atoms with Gasteiger partial charge in [-0.2, -0.15) is 0 Å². The number of nitrogens with one attached hydrogen (secondary N) is 1. The Morgan fingerprint density at radius 1 is 1.31 bits per heavy atom. The van der Waals surface area contributed by atoms with E-state index in [2.05, 4.69) is 33.4 Å². The van der Waals surface area contributed by atoms with Gasteiger partial charge in [-0.3, -0.25) is 0 Å². The van der Waals surface area contributed by atoms with Crippen molar-refractivity contribution in [1.82, 2.24) is 5.32 Å². The first-order valence-corrected chi connectivity index (χ1v) is 6.46. The molecule has 2 heterocycles. The predicted octanol–water partition coefficient (Wildman–Crippen LogP) is 3.72. The van der Waals surface area contributed by atoms with E-state index < -0.39 is 0 Å². The highest BCUT2D eigenvalue weighted by atomic mass is 79.9. The van der Waals surface area contributed by atoms with Crippen LogP contribution in [0.1, 0.15) is 36.6 Å². The van der Waals surface area contributed by atoms with Crippen LogP contribution in [0, 0.1) is 0 Å². The second kappa shape index (κ2) is 4.58. The smallest absolute Gasteiger partial charge is 0.0701 e. The summed E-state index contributed by atoms with van der Waals surface area (Å²) in [5, 5.41) is 3.60. The molecule has 3 heteroatoms. The standard InChI is InChI=1S/C10H14BrNS/c11-10-6-5-9(13-10)8-4-2-1-3-7-12-8/h5-6,8,12H,1-4,7H2/t8-/m0/s1. The Kier molecular flexibility index (Phi) is 3.41. The van der Waals surface area contributed by atoms with Crippen molar-refractivity contribution in [2.24, 2.45) is 0 Å². The van der Waals surface area contributed by atoms with E-state index in [1.807, 2.05) is 11.3 Å². The molecule has 1 N–H and O–H groups in total. The fourth-order valence-electron chi connectivity index (χ4n) is 1.79. The van der Waals surface area contributed by atoms with Crippen molar-refractivity contribution in [3.05, 3.63) is 20.8 Å². The van der Waals surface area contributed by atoms with E-state index in [-0.39, 0.29) is 0 Å². The maximum Gasteiger partial charge on any atom is 0.0701 e. The topological polar surface area (TPSA) is 12.0 Å². The molecular weight excluding hydrogens is 246 g/mol. The molecule has 1 aliphatic heterocycles. The van der Waals surface area contributed by atoms with Gasteiger partial charge < -0.3 is 5.32 Å². The zero-order valence-electron chi connectivity index (χ0n) is 7.55. The Morgan fingerprint density at radius 2 is 2.23 bits per heavy atom. The van der Waals surface area contributed by atoms with Gasteiger partial charge in [0.25, 0.3) is 0 Å². The van der Waals surface area contributed by atoms with Gasteiger partial charge in [0.1, 0.15) is 0 Å². The lowest BCUT2D eigenvalue weighted by Gasteiger charge is -2.12. The maximum absolute atomic E-state index is 3.60. The summed E-state index contributed by atoms with van der Waals surface area (Å²) < 4.78 is 1.24. The summed E-state index contributed by atoms with van der Waals surface area (Å²) in [6.45, 7) is 1.18. The van der Waals surface area contributed by atoms with Crippen LogP contribution in [-0.4, -0.2) is 6.54 Å². The second-order valence-electron chi connectivity index (χ2n) is 3.50. The van der Waals surface area contributed by atoms with Crippen molar-refractivity contribution in [2.75, 3.05) is 6.54 Å². The van der Waals surface area contributed by atoms with Gasteiger partial charge in [-0.05, 0) is 47.4 Å². The molecule has 72 valence electrons. The number of rotatable bonds is 1. The second-order valence-corrected chi connectivity index (χ2v) is 5.99. The van der Waals surface area contributed by atoms with E-state index in [9.17, 15) is 0 Å². The van der Waals surface area contributed by atoms with Crippen molar-refractivity contribution >= 4 is 27.3 Å². The highest BCUT2D eigenvalue weighted by Crippen LogP contribution is 2.31. The van der Waals surface area contributed by atoms with Crippen molar-refractivity contribution in [2.45, 2.75) is 31.7 Å². The molecule has 0 bridgehead atoms. The van der Waals surface area contributed by atoms with E-state index in [0.29, 0.717) is 6.04 Å². The zero-order chi connectivity index (χ0) is 9.10. The minimum Gasteiger partial charge on any atom is -0.309 e. The van der Waals surface area contributed by atoms with E-state index in [1.54, 1.807) is 0 Å². The molecule has 1 aliphatic rings. The molecule has 1 aromatic rings. The van der Waals surface area contributed by atoms with Crippen LogP contribution < -0.4 is 5.32 Å². The fourth-order valence-corrected chi connectivity index (χ4v) is 3.32. The van der Waals surface area contributed by atoms with Crippen LogP contribution in [0.25, 0.3) is 0 Å². The third-order valence-electron chi connectivity index (χ3n) is 2.50. The van der Waals surface area contributed by atoms with Crippen molar-refractivity contribution in [3.63, 3.8) is 0 Å². The minimum atomic E-state index is 0.610. The van der Waals surface area contributed by atoms with Crippen LogP contribution in [0.5, 0.6) is 0 Å². The van der Waals surface area contributed by atoms with Gasteiger partial charge in [0.05, 0.1) is 3.79 Å². The monoisotopic (exact) mass is 259 g/mol. The maximum atomic E-state index is 3.60. The Morgan fingerprint density at radius 3 is 3.00 bits per heavy atom. The molecule has 1 atom stereocenters. The normalized spacial score (nSPS) is 24.2. The fraction of sp³-hybridized carbons (Fsp3) is 0.600. The average molecular weight is 260 g/mol. The number of hydrogen-bond donors (Lipinski definition) is 1. The van der Waals surface area contributed by atoms with Gasteiger partial charge in [-0.25, -0.2) is 0 Å². The van der Waals surface area contributed by atoms with Gasteiger partial charge in [0, 0.05) is 10.9 Å². The van der Waals surface area contributed by atoms with Crippen molar-refractivity contribution in [3.8, 4) is 0 Å². The van der Waals surface area contributed by atoms with E-state index in [4.69, 9.17) is 0 Å². The van der Waals surface area contributed by atoms with E-state index in [1.165, 1.54) is 40.9 Å². The molecule has 1 fully saturated rings. The van der Waals surface area contributed by atoms with E-state index >= 15 is 0 Å². The Balaban J connectivity index is 2.06. The van der Waals surface area contributed by atoms with E-state index in [0.717, 1.165) is 0 Å². The molecular formula is C10H14BrNS. The Labute approximate surface area is 91.7 Å². The first-order valence-electron chi connectivity index (χ1n) is 4.85. The lowest BCUT2D eigenvalue weighted by Crippen LogP contribution is -2.19. The first-order chi connectivity index (χ1) is 6.36. The molecule has 2 rings (SSSR count). The van der Waals surface area contributed by atoms with Gasteiger partial charge in [0.15, 0.2) is 0 Å². The molecule has 13 heavy (non-hydrogen) atoms. The SMILES string of the molecule is Brc1ccc([C@@H]2CCCCCN2)s1. The third kappa shape index (κ3) is 2.55. The van der Waals surface area contributed by atoms with Gasteiger partial charge in [0.2, 0.25) is 0 Å². The summed E-state index contributed by atoms with van der Waals surface area (Å²) >= 11 is 5.37. The third-order valence-corrected chi connectivity index (χ3v) is 4.24. The molecule has 0 unspecified atom stereocenters. The molecule has 0 spiro atoms. The highest BCUT2D eigenvalue weighted by molar-refractivity contribution is 9.11. The van der Waals surface area contributed by atoms with Crippen LogP contribution in [0.15, 0.2) is 15.9 Å². The highest BCUT2D eigenvalue weighted by Gasteiger charge is 2.14. The van der Waals surface area contributed by atoms with Crippen LogP contribution >= 0.6 is 27.3 Å². The molecule has 1 saturated heterocycles. The largest absolute Gasteiger partial charge is 0.309 e. The molecule has 0 amide bonds.